The van der Waals surface area contributed by atoms with Crippen LogP contribution in [0.4, 0.5) is 0 Å². The lowest BCUT2D eigenvalue weighted by Crippen LogP contribution is -2.31. The van der Waals surface area contributed by atoms with Gasteiger partial charge in [0.1, 0.15) is 12.4 Å². The highest BCUT2D eigenvalue weighted by atomic mass is 79.9. The minimum Gasteiger partial charge on any atom is -0.487 e. The first-order valence-corrected chi connectivity index (χ1v) is 7.41. The molecule has 2 aromatic carbocycles. The molecule has 0 aliphatic carbocycles. The van der Waals surface area contributed by atoms with Crippen LogP contribution in [0, 0.1) is 0 Å². The first-order valence-electron chi connectivity index (χ1n) is 6.24. The van der Waals surface area contributed by atoms with E-state index in [9.17, 15) is 4.79 Å². The number of carbonyl (C=O) groups is 1. The second kappa shape index (κ2) is 7.45. The standard InChI is InChI=1S/C15H14BrClN2O2/c16-12-5-6-13(17)14(8-12)21-9-11-4-2-1-3-10(11)7-15(20)19-18/h1-6,8H,7,9,18H2,(H,19,20). The summed E-state index contributed by atoms with van der Waals surface area (Å²) in [5, 5.41) is 0.537. The number of amides is 1. The SMILES string of the molecule is NNC(=O)Cc1ccccc1COc1cc(Br)ccc1Cl. The maximum atomic E-state index is 11.4. The van der Waals surface area contributed by atoms with Crippen molar-refractivity contribution in [2.24, 2.45) is 5.84 Å². The van der Waals surface area contributed by atoms with E-state index in [4.69, 9.17) is 22.2 Å². The van der Waals surface area contributed by atoms with Crippen LogP contribution in [-0.4, -0.2) is 5.91 Å². The van der Waals surface area contributed by atoms with Gasteiger partial charge in [-0.2, -0.15) is 0 Å². The number of hydrazine groups is 1. The Labute approximate surface area is 136 Å². The molecule has 0 aliphatic rings. The summed E-state index contributed by atoms with van der Waals surface area (Å²) < 4.78 is 6.62. The highest BCUT2D eigenvalue weighted by molar-refractivity contribution is 9.10. The van der Waals surface area contributed by atoms with Gasteiger partial charge in [0.2, 0.25) is 5.91 Å². The summed E-state index contributed by atoms with van der Waals surface area (Å²) in [7, 11) is 0. The van der Waals surface area contributed by atoms with Gasteiger partial charge in [-0.3, -0.25) is 10.2 Å². The molecule has 0 heterocycles. The summed E-state index contributed by atoms with van der Waals surface area (Å²) in [6.07, 6.45) is 0.211. The van der Waals surface area contributed by atoms with E-state index in [1.807, 2.05) is 30.3 Å². The maximum absolute atomic E-state index is 11.4. The van der Waals surface area contributed by atoms with Crippen molar-refractivity contribution in [3.8, 4) is 5.75 Å². The topological polar surface area (TPSA) is 64.3 Å². The second-order valence-electron chi connectivity index (χ2n) is 4.38. The van der Waals surface area contributed by atoms with E-state index >= 15 is 0 Å². The third kappa shape index (κ3) is 4.46. The fraction of sp³-hybridized carbons (Fsp3) is 0.133. The van der Waals surface area contributed by atoms with Crippen LogP contribution in [0.15, 0.2) is 46.9 Å². The van der Waals surface area contributed by atoms with Crippen LogP contribution >= 0.6 is 27.5 Å². The zero-order valence-corrected chi connectivity index (χ0v) is 13.4. The summed E-state index contributed by atoms with van der Waals surface area (Å²) in [5.41, 5.74) is 3.91. The molecule has 0 fully saturated rings. The molecule has 2 aromatic rings. The van der Waals surface area contributed by atoms with Crippen molar-refractivity contribution < 1.29 is 9.53 Å². The molecule has 1 amide bonds. The van der Waals surface area contributed by atoms with E-state index in [1.54, 1.807) is 12.1 Å². The largest absolute Gasteiger partial charge is 0.487 e. The number of nitrogens with two attached hydrogens (primary N) is 1. The fourth-order valence-electron chi connectivity index (χ4n) is 1.84. The minimum absolute atomic E-state index is 0.211. The lowest BCUT2D eigenvalue weighted by Gasteiger charge is -2.12. The Bertz CT molecular complexity index is 649. The smallest absolute Gasteiger partial charge is 0.238 e. The third-order valence-electron chi connectivity index (χ3n) is 2.91. The predicted octanol–water partition coefficient (Wildman–Crippen LogP) is 3.21. The van der Waals surface area contributed by atoms with Gasteiger partial charge < -0.3 is 4.74 Å². The number of nitrogens with one attached hydrogen (secondary N) is 1. The average Bonchev–Trinajstić information content (AvgIpc) is 2.49. The first kappa shape index (κ1) is 15.8. The second-order valence-corrected chi connectivity index (χ2v) is 5.70. The van der Waals surface area contributed by atoms with Gasteiger partial charge in [-0.15, -0.1) is 0 Å². The molecule has 2 rings (SSSR count). The zero-order chi connectivity index (χ0) is 15.2. The number of hydrogen-bond donors (Lipinski definition) is 2. The van der Waals surface area contributed by atoms with Crippen LogP contribution in [0.5, 0.6) is 5.75 Å². The minimum atomic E-state index is -0.247. The molecule has 0 bridgehead atoms. The van der Waals surface area contributed by atoms with Crippen LogP contribution in [0.1, 0.15) is 11.1 Å². The van der Waals surface area contributed by atoms with E-state index in [0.29, 0.717) is 17.4 Å². The Kier molecular flexibility index (Phi) is 5.61. The lowest BCUT2D eigenvalue weighted by atomic mass is 10.1. The van der Waals surface area contributed by atoms with Crippen molar-refractivity contribution in [3.63, 3.8) is 0 Å². The number of rotatable bonds is 5. The van der Waals surface area contributed by atoms with Crippen molar-refractivity contribution >= 4 is 33.4 Å². The molecular formula is C15H14BrClN2O2. The van der Waals surface area contributed by atoms with Gasteiger partial charge in [0.05, 0.1) is 11.4 Å². The van der Waals surface area contributed by atoms with Gasteiger partial charge in [0.25, 0.3) is 0 Å². The molecule has 0 radical (unpaired) electrons. The van der Waals surface area contributed by atoms with Gasteiger partial charge in [0, 0.05) is 4.47 Å². The van der Waals surface area contributed by atoms with Crippen molar-refractivity contribution in [2.75, 3.05) is 0 Å². The predicted molar refractivity (Wildman–Crippen MR) is 86.0 cm³/mol. The van der Waals surface area contributed by atoms with Crippen molar-refractivity contribution in [1.82, 2.24) is 5.43 Å². The molecule has 110 valence electrons. The highest BCUT2D eigenvalue weighted by Crippen LogP contribution is 2.28. The Morgan fingerprint density at radius 2 is 1.95 bits per heavy atom. The average molecular weight is 370 g/mol. The molecule has 0 aliphatic heterocycles. The summed E-state index contributed by atoms with van der Waals surface area (Å²) in [5.74, 6) is 5.46. The van der Waals surface area contributed by atoms with Crippen LogP contribution in [0.3, 0.4) is 0 Å². The number of carbonyl (C=O) groups excluding carboxylic acids is 1. The maximum Gasteiger partial charge on any atom is 0.238 e. The Hall–Kier alpha value is -1.56. The quantitative estimate of drug-likeness (QED) is 0.483. The van der Waals surface area contributed by atoms with Crippen LogP contribution in [-0.2, 0) is 17.8 Å². The molecule has 0 spiro atoms. The van der Waals surface area contributed by atoms with Crippen molar-refractivity contribution in [1.29, 1.82) is 0 Å². The number of hydrogen-bond acceptors (Lipinski definition) is 3. The summed E-state index contributed by atoms with van der Waals surface area (Å²) in [4.78, 5) is 11.4. The monoisotopic (exact) mass is 368 g/mol. The number of benzene rings is 2. The van der Waals surface area contributed by atoms with E-state index in [2.05, 4.69) is 21.4 Å². The molecule has 0 unspecified atom stereocenters. The van der Waals surface area contributed by atoms with E-state index in [0.717, 1.165) is 15.6 Å². The Morgan fingerprint density at radius 1 is 1.24 bits per heavy atom. The molecule has 6 heteroatoms. The van der Waals surface area contributed by atoms with Gasteiger partial charge in [0.15, 0.2) is 0 Å². The van der Waals surface area contributed by atoms with Gasteiger partial charge in [-0.25, -0.2) is 5.84 Å². The lowest BCUT2D eigenvalue weighted by molar-refractivity contribution is -0.120. The van der Waals surface area contributed by atoms with Crippen molar-refractivity contribution in [3.05, 3.63) is 63.1 Å². The number of ether oxygens (including phenoxy) is 1. The Balaban J connectivity index is 2.13. The first-order chi connectivity index (χ1) is 10.1. The van der Waals surface area contributed by atoms with Gasteiger partial charge >= 0.3 is 0 Å². The van der Waals surface area contributed by atoms with Crippen LogP contribution < -0.4 is 16.0 Å². The summed E-state index contributed by atoms with van der Waals surface area (Å²) >= 11 is 9.46. The zero-order valence-electron chi connectivity index (χ0n) is 11.1. The van der Waals surface area contributed by atoms with Gasteiger partial charge in [-0.1, -0.05) is 51.8 Å². The van der Waals surface area contributed by atoms with Crippen LogP contribution in [0.25, 0.3) is 0 Å². The highest BCUT2D eigenvalue weighted by Gasteiger charge is 2.08. The molecular weight excluding hydrogens is 356 g/mol. The molecule has 21 heavy (non-hydrogen) atoms. The van der Waals surface area contributed by atoms with Crippen molar-refractivity contribution in [2.45, 2.75) is 13.0 Å². The van der Waals surface area contributed by atoms with E-state index in [1.165, 1.54) is 0 Å². The normalized spacial score (nSPS) is 10.2. The van der Waals surface area contributed by atoms with E-state index in [-0.39, 0.29) is 12.3 Å². The number of halogens is 2. The summed E-state index contributed by atoms with van der Waals surface area (Å²) in [6.45, 7) is 0.324. The fourth-order valence-corrected chi connectivity index (χ4v) is 2.35. The molecule has 4 nitrogen and oxygen atoms in total. The summed E-state index contributed by atoms with van der Waals surface area (Å²) in [6, 6.07) is 12.9. The molecule has 0 atom stereocenters. The van der Waals surface area contributed by atoms with E-state index < -0.39 is 0 Å². The molecule has 3 N–H and O–H groups in total. The molecule has 0 aromatic heterocycles. The van der Waals surface area contributed by atoms with Crippen LogP contribution in [0.2, 0.25) is 5.02 Å². The third-order valence-corrected chi connectivity index (χ3v) is 3.71. The molecule has 0 saturated heterocycles. The molecule has 0 saturated carbocycles. The van der Waals surface area contributed by atoms with Gasteiger partial charge in [-0.05, 0) is 29.3 Å². The Morgan fingerprint density at radius 3 is 2.67 bits per heavy atom.